The summed E-state index contributed by atoms with van der Waals surface area (Å²) in [4.78, 5) is 14.5. The Kier molecular flexibility index (Phi) is 5.40. The summed E-state index contributed by atoms with van der Waals surface area (Å²) in [5, 5.41) is 0. The van der Waals surface area contributed by atoms with Crippen LogP contribution in [0.4, 0.5) is 5.69 Å². The van der Waals surface area contributed by atoms with E-state index in [0.717, 1.165) is 30.6 Å². The van der Waals surface area contributed by atoms with Gasteiger partial charge in [-0.25, -0.2) is 0 Å². The zero-order valence-corrected chi connectivity index (χ0v) is 12.6. The van der Waals surface area contributed by atoms with Gasteiger partial charge in [0.25, 0.3) is 0 Å². The average Bonchev–Trinajstić information content (AvgIpc) is 2.39. The molecule has 0 aliphatic heterocycles. The molecule has 0 atom stereocenters. The van der Waals surface area contributed by atoms with Crippen molar-refractivity contribution in [1.82, 2.24) is 4.90 Å². The Balaban J connectivity index is 2.90. The lowest BCUT2D eigenvalue weighted by molar-refractivity contribution is -0.141. The van der Waals surface area contributed by atoms with Gasteiger partial charge < -0.3 is 10.6 Å². The van der Waals surface area contributed by atoms with Crippen molar-refractivity contribution in [2.45, 2.75) is 47.1 Å². The lowest BCUT2D eigenvalue weighted by atomic mass is 9.88. The van der Waals surface area contributed by atoms with E-state index in [2.05, 4.69) is 13.8 Å². The van der Waals surface area contributed by atoms with Gasteiger partial charge in [0.05, 0.1) is 0 Å². The maximum Gasteiger partial charge on any atom is 0.228 e. The highest BCUT2D eigenvalue weighted by Crippen LogP contribution is 2.25. The summed E-state index contributed by atoms with van der Waals surface area (Å²) in [6.45, 7) is 9.53. The van der Waals surface area contributed by atoms with Crippen molar-refractivity contribution < 1.29 is 4.79 Å². The van der Waals surface area contributed by atoms with Crippen molar-refractivity contribution >= 4 is 11.6 Å². The van der Waals surface area contributed by atoms with E-state index in [4.69, 9.17) is 5.73 Å². The SMILES string of the molecule is CCCN(Cc1ccccc1N)C(=O)C(C)(C)CC. The number of para-hydroxylation sites is 1. The Morgan fingerprint density at radius 1 is 1.26 bits per heavy atom. The van der Waals surface area contributed by atoms with Crippen LogP contribution in [0.25, 0.3) is 0 Å². The van der Waals surface area contributed by atoms with Gasteiger partial charge in [0.1, 0.15) is 0 Å². The van der Waals surface area contributed by atoms with E-state index in [-0.39, 0.29) is 11.3 Å². The fraction of sp³-hybridized carbons (Fsp3) is 0.562. The molecular formula is C16H26N2O. The van der Waals surface area contributed by atoms with Crippen LogP contribution < -0.4 is 5.73 Å². The number of nitrogens with two attached hydrogens (primary N) is 1. The second-order valence-electron chi connectivity index (χ2n) is 5.66. The third-order valence-corrected chi connectivity index (χ3v) is 3.66. The molecule has 0 aliphatic rings. The number of hydrogen-bond donors (Lipinski definition) is 1. The number of benzene rings is 1. The van der Waals surface area contributed by atoms with Crippen molar-refractivity contribution in [1.29, 1.82) is 0 Å². The molecule has 0 aromatic heterocycles. The van der Waals surface area contributed by atoms with E-state index in [9.17, 15) is 4.79 Å². The van der Waals surface area contributed by atoms with E-state index in [0.29, 0.717) is 6.54 Å². The highest BCUT2D eigenvalue weighted by molar-refractivity contribution is 5.82. The van der Waals surface area contributed by atoms with Crippen molar-refractivity contribution in [3.63, 3.8) is 0 Å². The molecule has 1 aromatic rings. The summed E-state index contributed by atoms with van der Waals surface area (Å²) in [5.41, 5.74) is 7.44. The third kappa shape index (κ3) is 3.98. The summed E-state index contributed by atoms with van der Waals surface area (Å²) < 4.78 is 0. The lowest BCUT2D eigenvalue weighted by Gasteiger charge is -2.31. The number of nitrogens with zero attached hydrogens (tertiary/aromatic N) is 1. The van der Waals surface area contributed by atoms with Gasteiger partial charge >= 0.3 is 0 Å². The van der Waals surface area contributed by atoms with Gasteiger partial charge in [-0.2, -0.15) is 0 Å². The number of anilines is 1. The van der Waals surface area contributed by atoms with Gasteiger partial charge in [0.2, 0.25) is 5.91 Å². The Labute approximate surface area is 116 Å². The van der Waals surface area contributed by atoms with E-state index in [1.165, 1.54) is 0 Å². The fourth-order valence-electron chi connectivity index (χ4n) is 1.99. The van der Waals surface area contributed by atoms with Crippen LogP contribution in [-0.4, -0.2) is 17.4 Å². The Hall–Kier alpha value is -1.51. The van der Waals surface area contributed by atoms with Crippen LogP contribution in [0.2, 0.25) is 0 Å². The summed E-state index contributed by atoms with van der Waals surface area (Å²) in [6.07, 6.45) is 1.80. The second-order valence-corrected chi connectivity index (χ2v) is 5.66. The second kappa shape index (κ2) is 6.60. The quantitative estimate of drug-likeness (QED) is 0.798. The molecule has 0 fully saturated rings. The third-order valence-electron chi connectivity index (χ3n) is 3.66. The fourth-order valence-corrected chi connectivity index (χ4v) is 1.99. The first-order valence-electron chi connectivity index (χ1n) is 7.05. The van der Waals surface area contributed by atoms with E-state index >= 15 is 0 Å². The molecule has 1 amide bonds. The van der Waals surface area contributed by atoms with Gasteiger partial charge in [-0.05, 0) is 24.5 Å². The molecule has 0 saturated heterocycles. The maximum absolute atomic E-state index is 12.6. The molecule has 1 rings (SSSR count). The van der Waals surface area contributed by atoms with Gasteiger partial charge in [0, 0.05) is 24.2 Å². The number of nitrogen functional groups attached to an aromatic ring is 1. The smallest absolute Gasteiger partial charge is 0.228 e. The Morgan fingerprint density at radius 2 is 1.89 bits per heavy atom. The molecule has 0 spiro atoms. The van der Waals surface area contributed by atoms with Gasteiger partial charge in [0.15, 0.2) is 0 Å². The maximum atomic E-state index is 12.6. The molecular weight excluding hydrogens is 236 g/mol. The molecule has 0 saturated carbocycles. The number of carbonyl (C=O) groups excluding carboxylic acids is 1. The van der Waals surface area contributed by atoms with E-state index in [1.807, 2.05) is 43.0 Å². The van der Waals surface area contributed by atoms with E-state index in [1.54, 1.807) is 0 Å². The molecule has 0 heterocycles. The van der Waals surface area contributed by atoms with Crippen LogP contribution >= 0.6 is 0 Å². The van der Waals surface area contributed by atoms with Crippen LogP contribution in [0.15, 0.2) is 24.3 Å². The minimum atomic E-state index is -0.307. The molecule has 1 aromatic carbocycles. The molecule has 0 radical (unpaired) electrons. The summed E-state index contributed by atoms with van der Waals surface area (Å²) in [7, 11) is 0. The zero-order valence-electron chi connectivity index (χ0n) is 12.6. The predicted octanol–water partition coefficient (Wildman–Crippen LogP) is 3.44. The number of amides is 1. The summed E-state index contributed by atoms with van der Waals surface area (Å²) in [6, 6.07) is 7.76. The molecule has 3 heteroatoms. The van der Waals surface area contributed by atoms with Gasteiger partial charge in [-0.3, -0.25) is 4.79 Å². The zero-order chi connectivity index (χ0) is 14.5. The minimum absolute atomic E-state index is 0.208. The molecule has 0 aliphatic carbocycles. The van der Waals surface area contributed by atoms with Crippen LogP contribution in [0.3, 0.4) is 0 Å². The van der Waals surface area contributed by atoms with Crippen LogP contribution in [0, 0.1) is 5.41 Å². The standard InChI is InChI=1S/C16H26N2O/c1-5-11-18(15(19)16(3,4)6-2)12-13-9-7-8-10-14(13)17/h7-10H,5-6,11-12,17H2,1-4H3. The summed E-state index contributed by atoms with van der Waals surface area (Å²) >= 11 is 0. The van der Waals surface area contributed by atoms with E-state index < -0.39 is 0 Å². The first-order chi connectivity index (χ1) is 8.92. The Morgan fingerprint density at radius 3 is 2.42 bits per heavy atom. The highest BCUT2D eigenvalue weighted by Gasteiger charge is 2.30. The van der Waals surface area contributed by atoms with Crippen molar-refractivity contribution in [3.8, 4) is 0 Å². The molecule has 2 N–H and O–H groups in total. The van der Waals surface area contributed by atoms with Crippen molar-refractivity contribution in [2.24, 2.45) is 5.41 Å². The number of hydrogen-bond acceptors (Lipinski definition) is 2. The predicted molar refractivity (Wildman–Crippen MR) is 80.6 cm³/mol. The van der Waals surface area contributed by atoms with Crippen LogP contribution in [0.1, 0.15) is 46.1 Å². The molecule has 0 bridgehead atoms. The van der Waals surface area contributed by atoms with Gasteiger partial charge in [-0.1, -0.05) is 45.9 Å². The monoisotopic (exact) mass is 262 g/mol. The minimum Gasteiger partial charge on any atom is -0.398 e. The lowest BCUT2D eigenvalue weighted by Crippen LogP contribution is -2.40. The van der Waals surface area contributed by atoms with Crippen molar-refractivity contribution in [2.75, 3.05) is 12.3 Å². The largest absolute Gasteiger partial charge is 0.398 e. The number of rotatable bonds is 6. The topological polar surface area (TPSA) is 46.3 Å². The number of carbonyl (C=O) groups is 1. The normalized spacial score (nSPS) is 11.4. The highest BCUT2D eigenvalue weighted by atomic mass is 16.2. The summed E-state index contributed by atoms with van der Waals surface area (Å²) in [5.74, 6) is 0.208. The molecule has 106 valence electrons. The first-order valence-corrected chi connectivity index (χ1v) is 7.05. The van der Waals surface area contributed by atoms with Crippen LogP contribution in [0.5, 0.6) is 0 Å². The molecule has 19 heavy (non-hydrogen) atoms. The molecule has 0 unspecified atom stereocenters. The van der Waals surface area contributed by atoms with Gasteiger partial charge in [-0.15, -0.1) is 0 Å². The average molecular weight is 262 g/mol. The van der Waals surface area contributed by atoms with Crippen molar-refractivity contribution in [3.05, 3.63) is 29.8 Å². The molecule has 3 nitrogen and oxygen atoms in total. The Bertz CT molecular complexity index is 427. The van der Waals surface area contributed by atoms with Crippen LogP contribution in [-0.2, 0) is 11.3 Å². The first kappa shape index (κ1) is 15.5.